The number of hydrogen-bond acceptors (Lipinski definition) is 3. The standard InChI is InChI=1S/C27H28N2O/c1-5-6-19-7-9-20(10-8-19)21-11-13-22(14-12-21)25-28-29-26(30-25)23-15-17-24(18-16-23)27(2,3)4/h7-18H,5-6H2,1-4H3. The van der Waals surface area contributed by atoms with Crippen LogP contribution in [0.1, 0.15) is 45.2 Å². The van der Waals surface area contributed by atoms with E-state index < -0.39 is 0 Å². The van der Waals surface area contributed by atoms with E-state index in [0.717, 1.165) is 17.5 Å². The summed E-state index contributed by atoms with van der Waals surface area (Å²) >= 11 is 0. The second-order valence-electron chi connectivity index (χ2n) is 8.76. The van der Waals surface area contributed by atoms with Crippen LogP contribution in [-0.4, -0.2) is 10.2 Å². The Morgan fingerprint density at radius 1 is 0.633 bits per heavy atom. The molecule has 0 amide bonds. The van der Waals surface area contributed by atoms with E-state index in [0.29, 0.717) is 11.8 Å². The molecule has 3 aromatic carbocycles. The van der Waals surface area contributed by atoms with Gasteiger partial charge in [0, 0.05) is 11.1 Å². The van der Waals surface area contributed by atoms with Gasteiger partial charge in [0.15, 0.2) is 0 Å². The van der Waals surface area contributed by atoms with Crippen LogP contribution in [0, 0.1) is 0 Å². The normalized spacial score (nSPS) is 11.6. The van der Waals surface area contributed by atoms with Crippen LogP contribution in [0.15, 0.2) is 77.2 Å². The maximum Gasteiger partial charge on any atom is 0.248 e. The molecule has 4 rings (SSSR count). The summed E-state index contributed by atoms with van der Waals surface area (Å²) < 4.78 is 5.95. The molecule has 0 unspecified atom stereocenters. The van der Waals surface area contributed by atoms with Crippen molar-refractivity contribution in [2.45, 2.75) is 46.0 Å². The van der Waals surface area contributed by atoms with Crippen LogP contribution in [0.2, 0.25) is 0 Å². The number of aromatic nitrogens is 2. The molecule has 0 fully saturated rings. The van der Waals surface area contributed by atoms with Crippen molar-refractivity contribution in [1.29, 1.82) is 0 Å². The molecule has 0 radical (unpaired) electrons. The number of hydrogen-bond donors (Lipinski definition) is 0. The second kappa shape index (κ2) is 8.27. The largest absolute Gasteiger partial charge is 0.416 e. The Kier molecular flexibility index (Phi) is 5.54. The minimum absolute atomic E-state index is 0.122. The Hall–Kier alpha value is -3.20. The van der Waals surface area contributed by atoms with Gasteiger partial charge in [-0.25, -0.2) is 0 Å². The van der Waals surface area contributed by atoms with Gasteiger partial charge in [-0.15, -0.1) is 10.2 Å². The van der Waals surface area contributed by atoms with Gasteiger partial charge in [-0.3, -0.25) is 0 Å². The molecule has 0 saturated heterocycles. The van der Waals surface area contributed by atoms with E-state index in [1.165, 1.54) is 28.7 Å². The van der Waals surface area contributed by atoms with Crippen molar-refractivity contribution < 1.29 is 4.42 Å². The minimum Gasteiger partial charge on any atom is -0.416 e. The summed E-state index contributed by atoms with van der Waals surface area (Å²) in [5.41, 5.74) is 7.04. The molecule has 0 spiro atoms. The molecule has 3 heteroatoms. The highest BCUT2D eigenvalue weighted by molar-refractivity contribution is 5.68. The van der Waals surface area contributed by atoms with E-state index in [4.69, 9.17) is 4.42 Å². The van der Waals surface area contributed by atoms with E-state index in [-0.39, 0.29) is 5.41 Å². The molecule has 152 valence electrons. The molecule has 0 atom stereocenters. The highest BCUT2D eigenvalue weighted by Gasteiger charge is 2.15. The van der Waals surface area contributed by atoms with Gasteiger partial charge in [0.1, 0.15) is 0 Å². The molecule has 4 aromatic rings. The Bertz CT molecular complexity index is 1100. The van der Waals surface area contributed by atoms with E-state index in [2.05, 4.69) is 86.4 Å². The van der Waals surface area contributed by atoms with Crippen LogP contribution in [0.5, 0.6) is 0 Å². The highest BCUT2D eigenvalue weighted by Crippen LogP contribution is 2.29. The first-order valence-electron chi connectivity index (χ1n) is 10.6. The zero-order valence-corrected chi connectivity index (χ0v) is 18.1. The second-order valence-corrected chi connectivity index (χ2v) is 8.76. The van der Waals surface area contributed by atoms with E-state index in [1.807, 2.05) is 24.3 Å². The molecule has 0 N–H and O–H groups in total. The maximum atomic E-state index is 5.95. The van der Waals surface area contributed by atoms with Crippen molar-refractivity contribution in [2.75, 3.05) is 0 Å². The van der Waals surface area contributed by atoms with Crippen LogP contribution >= 0.6 is 0 Å². The third-order valence-corrected chi connectivity index (χ3v) is 5.38. The third-order valence-electron chi connectivity index (χ3n) is 5.38. The van der Waals surface area contributed by atoms with E-state index in [9.17, 15) is 0 Å². The van der Waals surface area contributed by atoms with Crippen molar-refractivity contribution in [3.05, 3.63) is 83.9 Å². The van der Waals surface area contributed by atoms with Gasteiger partial charge in [-0.1, -0.05) is 82.6 Å². The van der Waals surface area contributed by atoms with Crippen molar-refractivity contribution in [1.82, 2.24) is 10.2 Å². The SMILES string of the molecule is CCCc1ccc(-c2ccc(-c3nnc(-c4ccc(C(C)(C)C)cc4)o3)cc2)cc1. The summed E-state index contributed by atoms with van der Waals surface area (Å²) in [4.78, 5) is 0. The molecule has 1 heterocycles. The summed E-state index contributed by atoms with van der Waals surface area (Å²) in [6.07, 6.45) is 2.29. The Balaban J connectivity index is 1.52. The lowest BCUT2D eigenvalue weighted by molar-refractivity contribution is 0.582. The van der Waals surface area contributed by atoms with Crippen molar-refractivity contribution in [3.63, 3.8) is 0 Å². The van der Waals surface area contributed by atoms with Crippen molar-refractivity contribution in [3.8, 4) is 34.0 Å². The fourth-order valence-corrected chi connectivity index (χ4v) is 3.53. The fraction of sp³-hybridized carbons (Fsp3) is 0.259. The predicted octanol–water partition coefficient (Wildman–Crippen LogP) is 7.32. The lowest BCUT2D eigenvalue weighted by Gasteiger charge is -2.18. The van der Waals surface area contributed by atoms with Gasteiger partial charge in [0.05, 0.1) is 0 Å². The first kappa shape index (κ1) is 20.1. The average Bonchev–Trinajstić information content (AvgIpc) is 3.25. The maximum absolute atomic E-state index is 5.95. The van der Waals surface area contributed by atoms with Crippen LogP contribution in [-0.2, 0) is 11.8 Å². The van der Waals surface area contributed by atoms with Gasteiger partial charge in [0.25, 0.3) is 0 Å². The Morgan fingerprint density at radius 3 is 1.53 bits per heavy atom. The molecule has 0 saturated carbocycles. The van der Waals surface area contributed by atoms with Crippen molar-refractivity contribution in [2.24, 2.45) is 0 Å². The molecule has 0 aliphatic carbocycles. The smallest absolute Gasteiger partial charge is 0.248 e. The first-order chi connectivity index (χ1) is 14.4. The monoisotopic (exact) mass is 396 g/mol. The van der Waals surface area contributed by atoms with Gasteiger partial charge in [-0.2, -0.15) is 0 Å². The van der Waals surface area contributed by atoms with Gasteiger partial charge >= 0.3 is 0 Å². The third kappa shape index (κ3) is 4.35. The minimum atomic E-state index is 0.122. The molecule has 30 heavy (non-hydrogen) atoms. The molecule has 0 aliphatic heterocycles. The van der Waals surface area contributed by atoms with Crippen LogP contribution in [0.25, 0.3) is 34.0 Å². The molecule has 1 aromatic heterocycles. The summed E-state index contributed by atoms with van der Waals surface area (Å²) in [6, 6.07) is 25.4. The van der Waals surface area contributed by atoms with Crippen LogP contribution in [0.3, 0.4) is 0 Å². The first-order valence-corrected chi connectivity index (χ1v) is 10.6. The summed E-state index contributed by atoms with van der Waals surface area (Å²) in [6.45, 7) is 8.82. The molecule has 0 aliphatic rings. The van der Waals surface area contributed by atoms with Crippen molar-refractivity contribution >= 4 is 0 Å². The molecular formula is C27H28N2O. The number of benzene rings is 3. The lowest BCUT2D eigenvalue weighted by Crippen LogP contribution is -2.10. The number of rotatable bonds is 5. The number of aryl methyl sites for hydroxylation is 1. The molecular weight excluding hydrogens is 368 g/mol. The Labute approximate surface area is 178 Å². The molecule has 0 bridgehead atoms. The predicted molar refractivity (Wildman–Crippen MR) is 123 cm³/mol. The summed E-state index contributed by atoms with van der Waals surface area (Å²) in [5.74, 6) is 1.08. The summed E-state index contributed by atoms with van der Waals surface area (Å²) in [7, 11) is 0. The average molecular weight is 397 g/mol. The van der Waals surface area contributed by atoms with Gasteiger partial charge < -0.3 is 4.42 Å². The van der Waals surface area contributed by atoms with Crippen LogP contribution in [0.4, 0.5) is 0 Å². The summed E-state index contributed by atoms with van der Waals surface area (Å²) in [5, 5.41) is 8.50. The number of nitrogens with zero attached hydrogens (tertiary/aromatic N) is 2. The van der Waals surface area contributed by atoms with E-state index >= 15 is 0 Å². The molecule has 3 nitrogen and oxygen atoms in total. The topological polar surface area (TPSA) is 38.9 Å². The highest BCUT2D eigenvalue weighted by atomic mass is 16.4. The fourth-order valence-electron chi connectivity index (χ4n) is 3.53. The van der Waals surface area contributed by atoms with Gasteiger partial charge in [-0.05, 0) is 58.4 Å². The van der Waals surface area contributed by atoms with Gasteiger partial charge in [0.2, 0.25) is 11.8 Å². The zero-order valence-electron chi connectivity index (χ0n) is 18.1. The quantitative estimate of drug-likeness (QED) is 0.355. The Morgan fingerprint density at radius 2 is 1.07 bits per heavy atom. The van der Waals surface area contributed by atoms with Crippen LogP contribution < -0.4 is 0 Å². The lowest BCUT2D eigenvalue weighted by atomic mass is 9.87. The zero-order chi connectivity index (χ0) is 21.1. The van der Waals surface area contributed by atoms with E-state index in [1.54, 1.807) is 0 Å².